The summed E-state index contributed by atoms with van der Waals surface area (Å²) in [4.78, 5) is 11.8. The third-order valence-electron chi connectivity index (χ3n) is 2.51. The zero-order valence-corrected chi connectivity index (χ0v) is 10.6. The summed E-state index contributed by atoms with van der Waals surface area (Å²) in [6, 6.07) is 5.06. The second kappa shape index (κ2) is 5.90. The van der Waals surface area contributed by atoms with E-state index < -0.39 is 0 Å². The van der Waals surface area contributed by atoms with Crippen LogP contribution in [0.25, 0.3) is 0 Å². The van der Waals surface area contributed by atoms with E-state index >= 15 is 0 Å². The van der Waals surface area contributed by atoms with Crippen LogP contribution in [0.4, 0.5) is 5.69 Å². The van der Waals surface area contributed by atoms with E-state index in [0.29, 0.717) is 28.6 Å². The zero-order valence-electron chi connectivity index (χ0n) is 9.79. The van der Waals surface area contributed by atoms with Gasteiger partial charge in [0.05, 0.1) is 10.7 Å². The first kappa shape index (κ1) is 13.0. The second-order valence-electron chi connectivity index (χ2n) is 4.45. The van der Waals surface area contributed by atoms with Gasteiger partial charge in [-0.25, -0.2) is 0 Å². The molecule has 3 heteroatoms. The Hall–Kier alpha value is -1.02. The van der Waals surface area contributed by atoms with Crippen LogP contribution in [0.15, 0.2) is 18.2 Å². The minimum Gasteiger partial charge on any atom is -0.398 e. The normalized spacial score (nSPS) is 10.8. The maximum atomic E-state index is 11.8. The lowest BCUT2D eigenvalue weighted by atomic mass is 10.0. The Morgan fingerprint density at radius 3 is 2.69 bits per heavy atom. The van der Waals surface area contributed by atoms with Gasteiger partial charge in [-0.1, -0.05) is 31.9 Å². The number of hydrogen-bond donors (Lipinski definition) is 1. The molecule has 0 atom stereocenters. The molecule has 0 heterocycles. The fourth-order valence-corrected chi connectivity index (χ4v) is 1.70. The Labute approximate surface area is 102 Å². The Kier molecular flexibility index (Phi) is 4.81. The van der Waals surface area contributed by atoms with Crippen LogP contribution >= 0.6 is 11.6 Å². The summed E-state index contributed by atoms with van der Waals surface area (Å²) in [5.74, 6) is 0.783. The summed E-state index contributed by atoms with van der Waals surface area (Å²) >= 11 is 5.87. The Balaban J connectivity index is 2.56. The quantitative estimate of drug-likeness (QED) is 0.625. The number of carbonyl (C=O) groups is 1. The van der Waals surface area contributed by atoms with Gasteiger partial charge in [0.2, 0.25) is 0 Å². The van der Waals surface area contributed by atoms with E-state index in [2.05, 4.69) is 13.8 Å². The van der Waals surface area contributed by atoms with Gasteiger partial charge in [-0.05, 0) is 30.5 Å². The van der Waals surface area contributed by atoms with Gasteiger partial charge < -0.3 is 5.73 Å². The molecule has 0 radical (unpaired) electrons. The molecule has 16 heavy (non-hydrogen) atoms. The minimum absolute atomic E-state index is 0.141. The largest absolute Gasteiger partial charge is 0.398 e. The maximum absolute atomic E-state index is 11.8. The molecule has 0 amide bonds. The molecule has 0 aliphatic rings. The van der Waals surface area contributed by atoms with Crippen molar-refractivity contribution in [2.24, 2.45) is 5.92 Å². The van der Waals surface area contributed by atoms with E-state index in [-0.39, 0.29) is 5.78 Å². The van der Waals surface area contributed by atoms with Crippen molar-refractivity contribution in [2.75, 3.05) is 5.73 Å². The number of carbonyl (C=O) groups excluding carboxylic acids is 1. The molecule has 88 valence electrons. The fourth-order valence-electron chi connectivity index (χ4n) is 1.52. The van der Waals surface area contributed by atoms with E-state index in [0.717, 1.165) is 12.8 Å². The maximum Gasteiger partial charge on any atom is 0.162 e. The zero-order chi connectivity index (χ0) is 12.1. The third-order valence-corrected chi connectivity index (χ3v) is 2.84. The van der Waals surface area contributed by atoms with Gasteiger partial charge in [-0.15, -0.1) is 0 Å². The highest BCUT2D eigenvalue weighted by Gasteiger charge is 2.07. The molecule has 1 aromatic carbocycles. The molecule has 0 unspecified atom stereocenters. The van der Waals surface area contributed by atoms with Crippen LogP contribution in [-0.4, -0.2) is 5.78 Å². The molecule has 2 N–H and O–H groups in total. The molecule has 0 saturated heterocycles. The molecule has 0 saturated carbocycles. The highest BCUT2D eigenvalue weighted by atomic mass is 35.5. The fraction of sp³-hybridized carbons (Fsp3) is 0.462. The van der Waals surface area contributed by atoms with Crippen molar-refractivity contribution in [2.45, 2.75) is 33.1 Å². The van der Waals surface area contributed by atoms with Crippen molar-refractivity contribution < 1.29 is 4.79 Å². The number of halogens is 1. The molecule has 2 nitrogen and oxygen atoms in total. The standard InChI is InChI=1S/C13H18ClNO/c1-9(2)4-3-5-13(16)10-6-7-12(15)11(14)8-10/h6-9H,3-5,15H2,1-2H3. The lowest BCUT2D eigenvalue weighted by Crippen LogP contribution is -2.01. The predicted octanol–water partition coefficient (Wildman–Crippen LogP) is 3.93. The van der Waals surface area contributed by atoms with Gasteiger partial charge in [0.25, 0.3) is 0 Å². The first-order chi connectivity index (χ1) is 7.50. The first-order valence-electron chi connectivity index (χ1n) is 5.59. The number of hydrogen-bond acceptors (Lipinski definition) is 2. The van der Waals surface area contributed by atoms with Gasteiger partial charge in [0.1, 0.15) is 0 Å². The molecule has 1 rings (SSSR count). The van der Waals surface area contributed by atoms with Gasteiger partial charge in [0.15, 0.2) is 5.78 Å². The average Bonchev–Trinajstić information content (AvgIpc) is 2.21. The number of Topliss-reactive ketones (excluding diaryl/α,β-unsaturated/α-hetero) is 1. The van der Waals surface area contributed by atoms with Crippen LogP contribution in [0.5, 0.6) is 0 Å². The predicted molar refractivity (Wildman–Crippen MR) is 68.9 cm³/mol. The first-order valence-corrected chi connectivity index (χ1v) is 5.96. The van der Waals surface area contributed by atoms with Crippen molar-refractivity contribution in [3.8, 4) is 0 Å². The van der Waals surface area contributed by atoms with Crippen molar-refractivity contribution in [3.05, 3.63) is 28.8 Å². The molecule has 0 aliphatic heterocycles. The van der Waals surface area contributed by atoms with Crippen LogP contribution in [0, 0.1) is 5.92 Å². The molecule has 1 aromatic rings. The molecule has 0 aromatic heterocycles. The number of nitrogens with two attached hydrogens (primary N) is 1. The highest BCUT2D eigenvalue weighted by molar-refractivity contribution is 6.33. The summed E-state index contributed by atoms with van der Waals surface area (Å²) in [6.07, 6.45) is 2.59. The van der Waals surface area contributed by atoms with Crippen LogP contribution in [0.1, 0.15) is 43.5 Å². The Morgan fingerprint density at radius 1 is 1.44 bits per heavy atom. The molecule has 0 aliphatic carbocycles. The monoisotopic (exact) mass is 239 g/mol. The summed E-state index contributed by atoms with van der Waals surface area (Å²) in [6.45, 7) is 4.31. The number of anilines is 1. The number of ketones is 1. The smallest absolute Gasteiger partial charge is 0.162 e. The van der Waals surface area contributed by atoms with Crippen molar-refractivity contribution in [1.29, 1.82) is 0 Å². The third kappa shape index (κ3) is 3.86. The van der Waals surface area contributed by atoms with E-state index in [4.69, 9.17) is 17.3 Å². The number of benzene rings is 1. The second-order valence-corrected chi connectivity index (χ2v) is 4.85. The van der Waals surface area contributed by atoms with Gasteiger partial charge in [-0.2, -0.15) is 0 Å². The molecule has 0 spiro atoms. The molecular formula is C13H18ClNO. The lowest BCUT2D eigenvalue weighted by Gasteiger charge is -2.05. The van der Waals surface area contributed by atoms with Crippen molar-refractivity contribution in [3.63, 3.8) is 0 Å². The van der Waals surface area contributed by atoms with E-state index in [9.17, 15) is 4.79 Å². The lowest BCUT2D eigenvalue weighted by molar-refractivity contribution is 0.0978. The Morgan fingerprint density at radius 2 is 2.12 bits per heavy atom. The molecular weight excluding hydrogens is 222 g/mol. The van der Waals surface area contributed by atoms with E-state index in [1.807, 2.05) is 0 Å². The molecule has 0 bridgehead atoms. The summed E-state index contributed by atoms with van der Waals surface area (Å²) in [5.41, 5.74) is 6.76. The van der Waals surface area contributed by atoms with Gasteiger partial charge >= 0.3 is 0 Å². The highest BCUT2D eigenvalue weighted by Crippen LogP contribution is 2.21. The van der Waals surface area contributed by atoms with Crippen LogP contribution in [0.2, 0.25) is 5.02 Å². The van der Waals surface area contributed by atoms with Gasteiger partial charge in [0, 0.05) is 12.0 Å². The SMILES string of the molecule is CC(C)CCCC(=O)c1ccc(N)c(Cl)c1. The average molecular weight is 240 g/mol. The molecule has 0 fully saturated rings. The minimum atomic E-state index is 0.141. The number of rotatable bonds is 5. The van der Waals surface area contributed by atoms with Crippen LogP contribution in [-0.2, 0) is 0 Å². The summed E-state index contributed by atoms with van der Waals surface area (Å²) < 4.78 is 0. The van der Waals surface area contributed by atoms with E-state index in [1.165, 1.54) is 0 Å². The van der Waals surface area contributed by atoms with Gasteiger partial charge in [-0.3, -0.25) is 4.79 Å². The Bertz CT molecular complexity index is 374. The topological polar surface area (TPSA) is 43.1 Å². The van der Waals surface area contributed by atoms with Crippen molar-refractivity contribution in [1.82, 2.24) is 0 Å². The summed E-state index contributed by atoms with van der Waals surface area (Å²) in [5, 5.41) is 0.453. The van der Waals surface area contributed by atoms with Crippen LogP contribution in [0.3, 0.4) is 0 Å². The van der Waals surface area contributed by atoms with Crippen molar-refractivity contribution >= 4 is 23.1 Å². The van der Waals surface area contributed by atoms with Crippen LogP contribution < -0.4 is 5.73 Å². The summed E-state index contributed by atoms with van der Waals surface area (Å²) in [7, 11) is 0. The number of nitrogen functional groups attached to an aromatic ring is 1. The van der Waals surface area contributed by atoms with E-state index in [1.54, 1.807) is 18.2 Å².